The minimum absolute atomic E-state index is 0.659. The summed E-state index contributed by atoms with van der Waals surface area (Å²) < 4.78 is 0. The van der Waals surface area contributed by atoms with Gasteiger partial charge >= 0.3 is 0 Å². The van der Waals surface area contributed by atoms with Crippen LogP contribution in [0.4, 0.5) is 0 Å². The topological polar surface area (TPSA) is 55.0 Å². The Hall–Kier alpha value is -2.08. The van der Waals surface area contributed by atoms with Crippen LogP contribution in [0.3, 0.4) is 0 Å². The maximum atomic E-state index is 5.78. The highest BCUT2D eigenvalue weighted by Crippen LogP contribution is 2.22. The van der Waals surface area contributed by atoms with Crippen LogP contribution in [0.5, 0.6) is 0 Å². The van der Waals surface area contributed by atoms with Crippen molar-refractivity contribution >= 4 is 11.3 Å². The van der Waals surface area contributed by atoms with Gasteiger partial charge in [-0.25, -0.2) is 4.98 Å². The molecule has 24 heavy (non-hydrogen) atoms. The van der Waals surface area contributed by atoms with Crippen LogP contribution in [-0.4, -0.2) is 34.5 Å². The van der Waals surface area contributed by atoms with Crippen molar-refractivity contribution in [2.75, 3.05) is 19.6 Å². The van der Waals surface area contributed by atoms with Gasteiger partial charge in [-0.2, -0.15) is 0 Å². The minimum Gasteiger partial charge on any atom is -0.329 e. The molecule has 0 atom stereocenters. The lowest BCUT2D eigenvalue weighted by Gasteiger charge is -2.20. The minimum atomic E-state index is 0.659. The first-order chi connectivity index (χ1) is 11.8. The van der Waals surface area contributed by atoms with E-state index in [1.807, 2.05) is 18.2 Å². The first-order valence-electron chi connectivity index (χ1n) is 8.17. The molecule has 124 valence electrons. The van der Waals surface area contributed by atoms with E-state index >= 15 is 0 Å². The monoisotopic (exact) mass is 338 g/mol. The number of hydrogen-bond acceptors (Lipinski definition) is 5. The lowest BCUT2D eigenvalue weighted by molar-refractivity contribution is 0.274. The van der Waals surface area contributed by atoms with Crippen LogP contribution < -0.4 is 5.73 Å². The first-order valence-corrected chi connectivity index (χ1v) is 9.05. The molecule has 5 heteroatoms. The third-order valence-corrected chi connectivity index (χ3v) is 4.74. The maximum Gasteiger partial charge on any atom is 0.142 e. The van der Waals surface area contributed by atoms with E-state index in [-0.39, 0.29) is 0 Å². The van der Waals surface area contributed by atoms with Gasteiger partial charge in [-0.15, -0.1) is 11.3 Å². The lowest BCUT2D eigenvalue weighted by atomic mass is 10.1. The number of nitrogens with zero attached hydrogens (tertiary/aromatic N) is 3. The Morgan fingerprint density at radius 3 is 2.58 bits per heavy atom. The SMILES string of the molecule is NCCN(CCc1ccccc1)Cc1csc(-c2ccccn2)n1. The number of pyridine rings is 1. The molecule has 0 saturated carbocycles. The lowest BCUT2D eigenvalue weighted by Crippen LogP contribution is -2.31. The number of hydrogen-bond donors (Lipinski definition) is 1. The van der Waals surface area contributed by atoms with Gasteiger partial charge in [0.2, 0.25) is 0 Å². The third kappa shape index (κ3) is 4.71. The highest BCUT2D eigenvalue weighted by atomic mass is 32.1. The van der Waals surface area contributed by atoms with Gasteiger partial charge in [-0.3, -0.25) is 9.88 Å². The largest absolute Gasteiger partial charge is 0.329 e. The highest BCUT2D eigenvalue weighted by Gasteiger charge is 2.10. The first kappa shape index (κ1) is 16.8. The van der Waals surface area contributed by atoms with Crippen molar-refractivity contribution in [3.63, 3.8) is 0 Å². The summed E-state index contributed by atoms with van der Waals surface area (Å²) in [5, 5.41) is 3.09. The van der Waals surface area contributed by atoms with Gasteiger partial charge in [-0.05, 0) is 24.1 Å². The second kappa shape index (κ2) is 8.68. The molecule has 3 rings (SSSR count). The molecule has 2 heterocycles. The molecular formula is C19H22N4S. The molecule has 2 N–H and O–H groups in total. The van der Waals surface area contributed by atoms with Crippen LogP contribution in [0.2, 0.25) is 0 Å². The predicted molar refractivity (Wildman–Crippen MR) is 99.8 cm³/mol. The molecule has 0 bridgehead atoms. The molecule has 0 amide bonds. The zero-order valence-corrected chi connectivity index (χ0v) is 14.5. The fraction of sp³-hybridized carbons (Fsp3) is 0.263. The van der Waals surface area contributed by atoms with Crippen molar-refractivity contribution < 1.29 is 0 Å². The highest BCUT2D eigenvalue weighted by molar-refractivity contribution is 7.13. The summed E-state index contributed by atoms with van der Waals surface area (Å²) in [6, 6.07) is 16.5. The quantitative estimate of drug-likeness (QED) is 0.685. The summed E-state index contributed by atoms with van der Waals surface area (Å²) in [5.41, 5.74) is 9.15. The Kier molecular flexibility index (Phi) is 6.07. The molecule has 0 aliphatic heterocycles. The molecule has 0 fully saturated rings. The molecule has 4 nitrogen and oxygen atoms in total. The normalized spacial score (nSPS) is 11.1. The van der Waals surface area contributed by atoms with Crippen LogP contribution in [0.25, 0.3) is 10.7 Å². The zero-order chi connectivity index (χ0) is 16.6. The van der Waals surface area contributed by atoms with Gasteiger partial charge < -0.3 is 5.73 Å². The van der Waals surface area contributed by atoms with Crippen molar-refractivity contribution in [3.05, 3.63) is 71.4 Å². The zero-order valence-electron chi connectivity index (χ0n) is 13.6. The summed E-state index contributed by atoms with van der Waals surface area (Å²) >= 11 is 1.65. The Balaban J connectivity index is 1.62. The van der Waals surface area contributed by atoms with E-state index in [2.05, 4.69) is 45.6 Å². The number of nitrogens with two attached hydrogens (primary N) is 1. The van der Waals surface area contributed by atoms with Gasteiger partial charge in [0, 0.05) is 37.8 Å². The van der Waals surface area contributed by atoms with E-state index in [4.69, 9.17) is 10.7 Å². The van der Waals surface area contributed by atoms with Crippen molar-refractivity contribution in [2.24, 2.45) is 5.73 Å². The molecule has 0 unspecified atom stereocenters. The number of benzene rings is 1. The Morgan fingerprint density at radius 1 is 1.00 bits per heavy atom. The van der Waals surface area contributed by atoms with Crippen molar-refractivity contribution in [2.45, 2.75) is 13.0 Å². The molecule has 2 aromatic heterocycles. The second-order valence-electron chi connectivity index (χ2n) is 5.66. The Labute approximate surface area is 147 Å². The van der Waals surface area contributed by atoms with Gasteiger partial charge in [0.15, 0.2) is 0 Å². The van der Waals surface area contributed by atoms with Crippen molar-refractivity contribution in [1.82, 2.24) is 14.9 Å². The van der Waals surface area contributed by atoms with E-state index in [1.165, 1.54) is 5.56 Å². The van der Waals surface area contributed by atoms with E-state index < -0.39 is 0 Å². The maximum absolute atomic E-state index is 5.78. The summed E-state index contributed by atoms with van der Waals surface area (Å²) in [6.07, 6.45) is 2.83. The van der Waals surface area contributed by atoms with E-state index in [1.54, 1.807) is 17.5 Å². The van der Waals surface area contributed by atoms with Crippen LogP contribution >= 0.6 is 11.3 Å². The molecule has 3 aromatic rings. The standard InChI is InChI=1S/C19H22N4S/c20-10-13-23(12-9-16-6-2-1-3-7-16)14-17-15-24-19(22-17)18-8-4-5-11-21-18/h1-8,11,15H,9-10,12-14,20H2. The van der Waals surface area contributed by atoms with E-state index in [0.717, 1.165) is 42.5 Å². The second-order valence-corrected chi connectivity index (χ2v) is 6.52. The molecular weight excluding hydrogens is 316 g/mol. The molecule has 1 aromatic carbocycles. The predicted octanol–water partition coefficient (Wildman–Crippen LogP) is 3.21. The van der Waals surface area contributed by atoms with Crippen molar-refractivity contribution in [3.8, 4) is 10.7 Å². The van der Waals surface area contributed by atoms with Crippen LogP contribution in [0.1, 0.15) is 11.3 Å². The number of aromatic nitrogens is 2. The van der Waals surface area contributed by atoms with E-state index in [0.29, 0.717) is 6.54 Å². The molecule has 0 spiro atoms. The molecule has 0 aliphatic carbocycles. The summed E-state index contributed by atoms with van der Waals surface area (Å²) in [5.74, 6) is 0. The van der Waals surface area contributed by atoms with Crippen LogP contribution in [0.15, 0.2) is 60.1 Å². The Morgan fingerprint density at radius 2 is 1.83 bits per heavy atom. The number of rotatable bonds is 8. The molecule has 0 aliphatic rings. The van der Waals surface area contributed by atoms with Gasteiger partial charge in [0.1, 0.15) is 5.01 Å². The fourth-order valence-corrected chi connectivity index (χ4v) is 3.39. The summed E-state index contributed by atoms with van der Waals surface area (Å²) in [6.45, 7) is 3.35. The third-order valence-electron chi connectivity index (χ3n) is 3.83. The summed E-state index contributed by atoms with van der Waals surface area (Å²) in [7, 11) is 0. The Bertz CT molecular complexity index is 727. The number of thiazole rings is 1. The smallest absolute Gasteiger partial charge is 0.142 e. The van der Waals surface area contributed by atoms with Gasteiger partial charge in [0.25, 0.3) is 0 Å². The van der Waals surface area contributed by atoms with Gasteiger partial charge in [0.05, 0.1) is 11.4 Å². The average Bonchev–Trinajstić information content (AvgIpc) is 3.10. The van der Waals surface area contributed by atoms with E-state index in [9.17, 15) is 0 Å². The average molecular weight is 338 g/mol. The van der Waals surface area contributed by atoms with Crippen LogP contribution in [0, 0.1) is 0 Å². The molecule has 0 saturated heterocycles. The summed E-state index contributed by atoms with van der Waals surface area (Å²) in [4.78, 5) is 11.5. The molecule has 0 radical (unpaired) electrons. The van der Waals surface area contributed by atoms with Crippen LogP contribution in [-0.2, 0) is 13.0 Å². The van der Waals surface area contributed by atoms with Gasteiger partial charge in [-0.1, -0.05) is 36.4 Å². The fourth-order valence-electron chi connectivity index (χ4n) is 2.60. The van der Waals surface area contributed by atoms with Crippen molar-refractivity contribution in [1.29, 1.82) is 0 Å².